The molecule has 5 rings (SSSR count). The van der Waals surface area contributed by atoms with Crippen molar-refractivity contribution in [1.29, 1.82) is 0 Å². The van der Waals surface area contributed by atoms with Crippen molar-refractivity contribution in [1.82, 2.24) is 68.4 Å². The van der Waals surface area contributed by atoms with E-state index in [4.69, 9.17) is 17.2 Å². The molecule has 2 heterocycles. The maximum Gasteiger partial charge on any atom is 0.326 e. The molecule has 25 N–H and O–H groups in total. The minimum atomic E-state index is -2.03. The van der Waals surface area contributed by atoms with E-state index in [9.17, 15) is 103 Å². The lowest BCUT2D eigenvalue weighted by Crippen LogP contribution is -2.62. The Kier molecular flexibility index (Phi) is 36.2. The fraction of sp³-hybridized carbons (Fsp3) is 0.507. The lowest BCUT2D eigenvalue weighted by atomic mass is 9.99. The summed E-state index contributed by atoms with van der Waals surface area (Å²) in [6, 6.07) is -0.136. The number of nitrogens with one attached hydrogen (secondary N) is 12. The SMILES string of the molecule is CC(C)C[C@H](NC(=O)[C@H](CC(C)C)NC(=O)[C@H](CO)NC(=O)[C@@H]1CCCN1C(=O)[C@H](CS)NC(=O)[C@H](CO)NC(=O)[C@@H](N)Cc1ccccc1)C(=O)N[C@@H](CO)C(=O)N[C@@H](CO)C(=O)N[C@@H](Cc1c[nH]c2ccccc12)C(=O)N[C@@H](CC(=O)O)C(=O)N[C@@H](Cc1ccc(O)cc1)C(=O)N[C@@H](CCCN=C(N)N)C(=O)O. The first-order valence-electron chi connectivity index (χ1n) is 35.5. The van der Waals surface area contributed by atoms with Crippen LogP contribution in [0.3, 0.4) is 0 Å². The molecule has 12 amide bonds. The van der Waals surface area contributed by atoms with Gasteiger partial charge in [0.1, 0.15) is 78.3 Å². The Morgan fingerprint density at radius 2 is 0.945 bits per heavy atom. The number of likely N-dealkylation sites (tertiary alicyclic amines) is 1. The second-order valence-electron chi connectivity index (χ2n) is 27.1. The first-order valence-corrected chi connectivity index (χ1v) is 36.2. The van der Waals surface area contributed by atoms with E-state index >= 15 is 0 Å². The third kappa shape index (κ3) is 28.2. The number of aliphatic hydroxyl groups is 4. The van der Waals surface area contributed by atoms with Gasteiger partial charge in [0.2, 0.25) is 70.9 Å². The largest absolute Gasteiger partial charge is 0.508 e. The molecular formula is C71H101N17O21S. The molecule has 0 bridgehead atoms. The number of phenolic OH excluding ortho intramolecular Hbond substituents is 1. The predicted octanol–water partition coefficient (Wildman–Crippen LogP) is -5.84. The number of aromatic nitrogens is 1. The van der Waals surface area contributed by atoms with Crippen LogP contribution >= 0.6 is 12.6 Å². The highest BCUT2D eigenvalue weighted by Crippen LogP contribution is 2.22. The summed E-state index contributed by atoms with van der Waals surface area (Å²) in [7, 11) is 0. The van der Waals surface area contributed by atoms with Gasteiger partial charge in [0, 0.05) is 48.8 Å². The number of nitrogens with zero attached hydrogens (tertiary/aromatic N) is 2. The van der Waals surface area contributed by atoms with E-state index in [1.165, 1.54) is 30.5 Å². The highest BCUT2D eigenvalue weighted by atomic mass is 32.1. The maximum atomic E-state index is 14.6. The van der Waals surface area contributed by atoms with Crippen LogP contribution in [0.15, 0.2) is 90.1 Å². The number of rotatable bonds is 45. The van der Waals surface area contributed by atoms with Crippen LogP contribution in [0.2, 0.25) is 0 Å². The van der Waals surface area contributed by atoms with Gasteiger partial charge < -0.3 is 121 Å². The summed E-state index contributed by atoms with van der Waals surface area (Å²) in [5.41, 5.74) is 18.8. The number of aliphatic hydroxyl groups excluding tert-OH is 4. The van der Waals surface area contributed by atoms with Crippen LogP contribution in [-0.2, 0) is 86.4 Å². The fourth-order valence-corrected chi connectivity index (χ4v) is 12.0. The molecule has 3 aromatic carbocycles. The quantitative estimate of drug-likeness (QED) is 0.00848. The average Bonchev–Trinajstić information content (AvgIpc) is 1.65. The molecule has 1 aliphatic rings. The Morgan fingerprint density at radius 3 is 1.45 bits per heavy atom. The summed E-state index contributed by atoms with van der Waals surface area (Å²) >= 11 is 4.23. The van der Waals surface area contributed by atoms with Gasteiger partial charge in [-0.2, -0.15) is 12.6 Å². The van der Waals surface area contributed by atoms with E-state index in [0.717, 1.165) is 10.5 Å². The van der Waals surface area contributed by atoms with Crippen molar-refractivity contribution in [2.75, 3.05) is 45.3 Å². The summed E-state index contributed by atoms with van der Waals surface area (Å²) < 4.78 is 0. The number of amides is 12. The summed E-state index contributed by atoms with van der Waals surface area (Å²) in [6.45, 7) is 2.50. The number of carbonyl (C=O) groups excluding carboxylic acids is 12. The first kappa shape index (κ1) is 89.6. The number of guanidine groups is 1. The summed E-state index contributed by atoms with van der Waals surface area (Å²) in [5, 5.41) is 98.4. The number of hydrogen-bond acceptors (Lipinski definition) is 22. The van der Waals surface area contributed by atoms with Gasteiger partial charge in [-0.15, -0.1) is 0 Å². The molecule has 1 aliphatic heterocycles. The van der Waals surface area contributed by atoms with Gasteiger partial charge in [-0.25, -0.2) is 4.79 Å². The molecule has 39 heteroatoms. The zero-order valence-electron chi connectivity index (χ0n) is 61.2. The van der Waals surface area contributed by atoms with Crippen LogP contribution in [0.4, 0.5) is 0 Å². The molecule has 38 nitrogen and oxygen atoms in total. The highest BCUT2D eigenvalue weighted by molar-refractivity contribution is 7.80. The normalized spacial score (nSPS) is 15.9. The first-order chi connectivity index (χ1) is 52.2. The molecule has 1 saturated heterocycles. The number of aromatic amines is 1. The van der Waals surface area contributed by atoms with E-state index in [-0.39, 0.29) is 93.8 Å². The van der Waals surface area contributed by atoms with Crippen LogP contribution in [0.25, 0.3) is 10.9 Å². The molecule has 0 radical (unpaired) electrons. The molecule has 1 fully saturated rings. The number of aliphatic carboxylic acids is 2. The molecule has 4 aromatic rings. The number of carboxylic acid groups (broad SMARTS) is 2. The zero-order chi connectivity index (χ0) is 81.5. The van der Waals surface area contributed by atoms with Gasteiger partial charge in [0.05, 0.1) is 38.9 Å². The van der Waals surface area contributed by atoms with E-state index in [2.05, 4.69) is 81.1 Å². The number of benzene rings is 3. The van der Waals surface area contributed by atoms with Gasteiger partial charge >= 0.3 is 11.9 Å². The molecule has 110 heavy (non-hydrogen) atoms. The van der Waals surface area contributed by atoms with Crippen molar-refractivity contribution in [2.45, 2.75) is 170 Å². The van der Waals surface area contributed by atoms with Crippen LogP contribution in [-0.4, -0.2) is 258 Å². The Balaban J connectivity index is 1.28. The number of hydrogen-bond donors (Lipinski definition) is 23. The number of aromatic hydroxyl groups is 1. The summed E-state index contributed by atoms with van der Waals surface area (Å²) in [6.07, 6.45) is -0.303. The van der Waals surface area contributed by atoms with E-state index in [0.29, 0.717) is 22.0 Å². The van der Waals surface area contributed by atoms with Crippen LogP contribution < -0.4 is 75.7 Å². The molecule has 1 aromatic heterocycles. The fourth-order valence-electron chi connectivity index (χ4n) is 11.8. The number of fused-ring (bicyclic) bond motifs is 1. The minimum absolute atomic E-state index is 0.00524. The third-order valence-corrected chi connectivity index (χ3v) is 17.9. The maximum absolute atomic E-state index is 14.6. The number of carbonyl (C=O) groups is 14. The molecule has 13 atom stereocenters. The Labute approximate surface area is 638 Å². The Morgan fingerprint density at radius 1 is 0.518 bits per heavy atom. The van der Waals surface area contributed by atoms with Gasteiger partial charge in [-0.1, -0.05) is 88.4 Å². The van der Waals surface area contributed by atoms with Crippen LogP contribution in [0.1, 0.15) is 89.3 Å². The number of phenols is 1. The number of para-hydroxylation sites is 1. The molecular weight excluding hydrogens is 1460 g/mol. The molecule has 0 aliphatic carbocycles. The van der Waals surface area contributed by atoms with Crippen molar-refractivity contribution < 1.29 is 103 Å². The number of H-pyrrole nitrogens is 1. The van der Waals surface area contributed by atoms with Crippen molar-refractivity contribution in [3.8, 4) is 5.75 Å². The van der Waals surface area contributed by atoms with Crippen molar-refractivity contribution in [3.63, 3.8) is 0 Å². The summed E-state index contributed by atoms with van der Waals surface area (Å²) in [5.74, 6) is -17.2. The summed E-state index contributed by atoms with van der Waals surface area (Å²) in [4.78, 5) is 200. The molecule has 0 spiro atoms. The minimum Gasteiger partial charge on any atom is -0.508 e. The van der Waals surface area contributed by atoms with Crippen molar-refractivity contribution in [2.24, 2.45) is 34.0 Å². The molecule has 0 saturated carbocycles. The lowest BCUT2D eigenvalue weighted by Gasteiger charge is -2.30. The Hall–Kier alpha value is -11.0. The van der Waals surface area contributed by atoms with E-state index in [1.807, 2.05) is 0 Å². The third-order valence-electron chi connectivity index (χ3n) is 17.5. The van der Waals surface area contributed by atoms with Crippen LogP contribution in [0.5, 0.6) is 5.75 Å². The van der Waals surface area contributed by atoms with Crippen molar-refractivity contribution >= 4 is 112 Å². The smallest absolute Gasteiger partial charge is 0.326 e. The lowest BCUT2D eigenvalue weighted by molar-refractivity contribution is -0.143. The zero-order valence-corrected chi connectivity index (χ0v) is 62.1. The highest BCUT2D eigenvalue weighted by Gasteiger charge is 2.41. The number of nitrogens with two attached hydrogens (primary N) is 3. The molecule has 0 unspecified atom stereocenters. The van der Waals surface area contributed by atoms with E-state index in [1.54, 1.807) is 82.3 Å². The van der Waals surface area contributed by atoms with Gasteiger partial charge in [0.25, 0.3) is 0 Å². The predicted molar refractivity (Wildman–Crippen MR) is 399 cm³/mol. The van der Waals surface area contributed by atoms with Crippen molar-refractivity contribution in [3.05, 3.63) is 102 Å². The topological polar surface area (TPSA) is 622 Å². The Bertz CT molecular complexity index is 3860. The molecule has 602 valence electrons. The van der Waals surface area contributed by atoms with Gasteiger partial charge in [0.15, 0.2) is 5.96 Å². The second kappa shape index (κ2) is 44.5. The second-order valence-corrected chi connectivity index (χ2v) is 27.5. The van der Waals surface area contributed by atoms with Gasteiger partial charge in [-0.05, 0) is 91.7 Å². The van der Waals surface area contributed by atoms with Gasteiger partial charge in [-0.3, -0.25) is 67.3 Å². The monoisotopic (exact) mass is 1560 g/mol. The van der Waals surface area contributed by atoms with E-state index < -0.39 is 201 Å². The average molecular weight is 1560 g/mol. The van der Waals surface area contributed by atoms with Crippen LogP contribution in [0, 0.1) is 11.8 Å². The number of aliphatic imine (C=N–C) groups is 1. The number of thiol groups is 1. The standard InChI is InChI=1S/C71H101N17O21S/c1-36(2)24-46(79-65(103)54(34-92)86-68(106)56-17-11-23-88(56)69(107)55(35-110)87-67(105)51(31-89)83-58(96)43(72)26-38-12-6-5-7-13-38)59(97)78-47(25-37(3)4)60(98)84-53(33-91)66(104)85-52(32-90)64(102)81-49(28-40-30-76-44-15-9-8-14-42(40)44)62(100)82-50(29-57(94)95)63(101)80-48(27-39-18-20-41(93)21-19-39)61(99)77-45(70(108)109)16-10-22-75-71(73)74/h5-9,12-15,18-21,30,36-37,43,45-56,76,89-93,110H,10-11,16-17,22-29,31-35,72H2,1-4H3,(H,77,99)(H,78,97)(H,79,103)(H,80,101)(H,81,102)(H,82,100)(H,83,96)(H,84,98)(H,85,104)(H,86,106)(H,87,105)(H,94,95)(H,108,109)(H4,73,74,75)/t43-,45-,46-,47-,48-,49-,50-,51-,52-,53-,54-,55-,56-/m0/s1. The number of carboxylic acids is 2.